The quantitative estimate of drug-likeness (QED) is 0.655. The van der Waals surface area contributed by atoms with Gasteiger partial charge in [-0.2, -0.15) is 0 Å². The normalized spacial score (nSPS) is 41.9. The van der Waals surface area contributed by atoms with Crippen LogP contribution in [0.5, 0.6) is 0 Å². The minimum absolute atomic E-state index is 0.137. The third-order valence-electron chi connectivity index (χ3n) is 4.85. The number of hydrogen-bond donors (Lipinski definition) is 0. The SMILES string of the molecule is CC(=O)OC[C@H]1C[C@@H](C)[C@@H]2C[C@H]1C2(C)C. The molecule has 0 saturated heterocycles. The minimum atomic E-state index is -0.137. The molecule has 0 N–H and O–H groups in total. The van der Waals surface area contributed by atoms with E-state index in [1.54, 1.807) is 0 Å². The van der Waals surface area contributed by atoms with Gasteiger partial charge in [0.2, 0.25) is 0 Å². The lowest BCUT2D eigenvalue weighted by atomic mass is 9.43. The van der Waals surface area contributed by atoms with E-state index >= 15 is 0 Å². The van der Waals surface area contributed by atoms with Crippen LogP contribution in [0, 0.1) is 29.1 Å². The Morgan fingerprint density at radius 1 is 1.33 bits per heavy atom. The summed E-state index contributed by atoms with van der Waals surface area (Å²) in [6.45, 7) is 9.24. The molecule has 3 aliphatic carbocycles. The first kappa shape index (κ1) is 11.0. The molecule has 86 valence electrons. The summed E-state index contributed by atoms with van der Waals surface area (Å²) in [7, 11) is 0. The van der Waals surface area contributed by atoms with Crippen molar-refractivity contribution in [1.29, 1.82) is 0 Å². The summed E-state index contributed by atoms with van der Waals surface area (Å²) in [5.74, 6) is 2.94. The summed E-state index contributed by atoms with van der Waals surface area (Å²) in [6, 6.07) is 0. The highest BCUT2D eigenvalue weighted by Gasteiger charge is 2.57. The molecule has 4 atom stereocenters. The van der Waals surface area contributed by atoms with E-state index in [1.165, 1.54) is 19.8 Å². The Morgan fingerprint density at radius 2 is 2.00 bits per heavy atom. The van der Waals surface area contributed by atoms with Crippen LogP contribution in [-0.4, -0.2) is 12.6 Å². The standard InChI is InChI=1S/C13H22O2/c1-8-5-10(7-15-9(2)14)12-6-11(8)13(12,3)4/h8,10-12H,5-7H2,1-4H3/t8-,10-,11+,12-/m1/s1. The maximum Gasteiger partial charge on any atom is 0.302 e. The fraction of sp³-hybridized carbons (Fsp3) is 0.923. The minimum Gasteiger partial charge on any atom is -0.466 e. The molecule has 0 amide bonds. The van der Waals surface area contributed by atoms with Crippen LogP contribution in [0.4, 0.5) is 0 Å². The van der Waals surface area contributed by atoms with Gasteiger partial charge in [0.05, 0.1) is 6.61 Å². The summed E-state index contributed by atoms with van der Waals surface area (Å²) in [6.07, 6.45) is 2.59. The van der Waals surface area contributed by atoms with Gasteiger partial charge in [-0.15, -0.1) is 0 Å². The molecule has 0 radical (unpaired) electrons. The van der Waals surface area contributed by atoms with E-state index in [4.69, 9.17) is 4.74 Å². The van der Waals surface area contributed by atoms with Crippen molar-refractivity contribution in [2.45, 2.75) is 40.5 Å². The maximum absolute atomic E-state index is 10.8. The number of carbonyl (C=O) groups excluding carboxylic acids is 1. The highest BCUT2D eigenvalue weighted by molar-refractivity contribution is 5.65. The Hall–Kier alpha value is -0.530. The van der Waals surface area contributed by atoms with Gasteiger partial charge in [0.1, 0.15) is 0 Å². The molecule has 3 fully saturated rings. The predicted molar refractivity (Wildman–Crippen MR) is 59.3 cm³/mol. The van der Waals surface area contributed by atoms with Gasteiger partial charge in [0.25, 0.3) is 0 Å². The van der Waals surface area contributed by atoms with Crippen LogP contribution in [0.2, 0.25) is 0 Å². The van der Waals surface area contributed by atoms with Crippen molar-refractivity contribution in [3.63, 3.8) is 0 Å². The average Bonchev–Trinajstić information content (AvgIpc) is 2.13. The van der Waals surface area contributed by atoms with Crippen LogP contribution in [0.15, 0.2) is 0 Å². The van der Waals surface area contributed by atoms with Crippen LogP contribution in [-0.2, 0) is 9.53 Å². The average molecular weight is 210 g/mol. The first-order valence-electron chi connectivity index (χ1n) is 6.06. The zero-order valence-corrected chi connectivity index (χ0v) is 10.2. The van der Waals surface area contributed by atoms with E-state index < -0.39 is 0 Å². The molecule has 0 unspecified atom stereocenters. The molecule has 0 heterocycles. The molecule has 3 saturated carbocycles. The van der Waals surface area contributed by atoms with Gasteiger partial charge < -0.3 is 4.74 Å². The number of fused-ring (bicyclic) bond motifs is 2. The van der Waals surface area contributed by atoms with E-state index in [2.05, 4.69) is 20.8 Å². The molecular weight excluding hydrogens is 188 g/mol. The lowest BCUT2D eigenvalue weighted by Crippen LogP contribution is -2.56. The molecule has 0 aliphatic heterocycles. The third kappa shape index (κ3) is 1.68. The van der Waals surface area contributed by atoms with Gasteiger partial charge in [-0.3, -0.25) is 4.79 Å². The van der Waals surface area contributed by atoms with E-state index in [9.17, 15) is 4.79 Å². The molecule has 0 aromatic carbocycles. The van der Waals surface area contributed by atoms with Crippen molar-refractivity contribution in [3.8, 4) is 0 Å². The molecule has 3 aliphatic rings. The van der Waals surface area contributed by atoms with E-state index in [0.717, 1.165) is 17.8 Å². The zero-order chi connectivity index (χ0) is 11.2. The molecule has 0 aromatic rings. The molecule has 15 heavy (non-hydrogen) atoms. The Morgan fingerprint density at radius 3 is 2.47 bits per heavy atom. The fourth-order valence-electron chi connectivity index (χ4n) is 3.98. The van der Waals surface area contributed by atoms with Gasteiger partial charge in [-0.1, -0.05) is 20.8 Å². The second kappa shape index (κ2) is 3.50. The molecule has 3 rings (SSSR count). The number of esters is 1. The van der Waals surface area contributed by atoms with Crippen molar-refractivity contribution in [1.82, 2.24) is 0 Å². The van der Waals surface area contributed by atoms with Gasteiger partial charge in [0.15, 0.2) is 0 Å². The second-order valence-electron chi connectivity index (χ2n) is 6.05. The van der Waals surface area contributed by atoms with Crippen LogP contribution < -0.4 is 0 Å². The summed E-state index contributed by atoms with van der Waals surface area (Å²) < 4.78 is 5.18. The summed E-state index contributed by atoms with van der Waals surface area (Å²) in [5.41, 5.74) is 0.475. The smallest absolute Gasteiger partial charge is 0.302 e. The number of carbonyl (C=O) groups is 1. The largest absolute Gasteiger partial charge is 0.466 e. The molecule has 0 spiro atoms. The second-order valence-corrected chi connectivity index (χ2v) is 6.05. The van der Waals surface area contributed by atoms with Gasteiger partial charge in [-0.25, -0.2) is 0 Å². The van der Waals surface area contributed by atoms with E-state index in [-0.39, 0.29) is 5.97 Å². The van der Waals surface area contributed by atoms with Crippen LogP contribution in [0.1, 0.15) is 40.5 Å². The Labute approximate surface area is 92.4 Å². The summed E-state index contributed by atoms with van der Waals surface area (Å²) >= 11 is 0. The Balaban J connectivity index is 1.98. The van der Waals surface area contributed by atoms with Crippen molar-refractivity contribution < 1.29 is 9.53 Å². The Kier molecular flexibility index (Phi) is 2.56. The van der Waals surface area contributed by atoms with E-state index in [0.29, 0.717) is 17.9 Å². The highest BCUT2D eigenvalue weighted by Crippen LogP contribution is 2.63. The highest BCUT2D eigenvalue weighted by atomic mass is 16.5. The number of ether oxygens (including phenoxy) is 1. The van der Waals surface area contributed by atoms with Crippen molar-refractivity contribution >= 4 is 5.97 Å². The molecule has 2 nitrogen and oxygen atoms in total. The molecule has 2 bridgehead atoms. The predicted octanol–water partition coefficient (Wildman–Crippen LogP) is 2.87. The Bertz CT molecular complexity index is 270. The van der Waals surface area contributed by atoms with Crippen molar-refractivity contribution in [2.24, 2.45) is 29.1 Å². The van der Waals surface area contributed by atoms with Crippen molar-refractivity contribution in [3.05, 3.63) is 0 Å². The fourth-order valence-corrected chi connectivity index (χ4v) is 3.98. The summed E-state index contributed by atoms with van der Waals surface area (Å²) in [4.78, 5) is 10.8. The van der Waals surface area contributed by atoms with Crippen molar-refractivity contribution in [2.75, 3.05) is 6.61 Å². The zero-order valence-electron chi connectivity index (χ0n) is 10.2. The number of hydrogen-bond acceptors (Lipinski definition) is 2. The number of rotatable bonds is 2. The lowest BCUT2D eigenvalue weighted by molar-refractivity contribution is -0.164. The topological polar surface area (TPSA) is 26.3 Å². The molecular formula is C13H22O2. The molecule has 0 aromatic heterocycles. The van der Waals surface area contributed by atoms with Crippen LogP contribution in [0.3, 0.4) is 0 Å². The first-order valence-corrected chi connectivity index (χ1v) is 6.06. The maximum atomic E-state index is 10.8. The molecule has 2 heteroatoms. The van der Waals surface area contributed by atoms with Gasteiger partial charge >= 0.3 is 5.97 Å². The van der Waals surface area contributed by atoms with Crippen LogP contribution in [0.25, 0.3) is 0 Å². The first-order chi connectivity index (χ1) is 6.93. The lowest BCUT2D eigenvalue weighted by Gasteiger charge is -2.62. The summed E-state index contributed by atoms with van der Waals surface area (Å²) in [5, 5.41) is 0. The monoisotopic (exact) mass is 210 g/mol. The van der Waals surface area contributed by atoms with Crippen LogP contribution >= 0.6 is 0 Å². The van der Waals surface area contributed by atoms with Gasteiger partial charge in [-0.05, 0) is 41.9 Å². The third-order valence-corrected chi connectivity index (χ3v) is 4.85. The van der Waals surface area contributed by atoms with E-state index in [1.807, 2.05) is 0 Å². The van der Waals surface area contributed by atoms with Gasteiger partial charge in [0, 0.05) is 6.92 Å².